The summed E-state index contributed by atoms with van der Waals surface area (Å²) >= 11 is 0. The molecule has 0 bridgehead atoms. The van der Waals surface area contributed by atoms with Crippen LogP contribution in [0.2, 0.25) is 0 Å². The van der Waals surface area contributed by atoms with Crippen LogP contribution in [0.25, 0.3) is 0 Å². The molecule has 1 fully saturated rings. The molecule has 1 aliphatic rings. The van der Waals surface area contributed by atoms with Crippen LogP contribution in [-0.2, 0) is 4.79 Å². The van der Waals surface area contributed by atoms with Gasteiger partial charge in [-0.25, -0.2) is 9.18 Å². The molecule has 1 aliphatic carbocycles. The molecule has 10 heavy (non-hydrogen) atoms. The van der Waals surface area contributed by atoms with E-state index in [9.17, 15) is 9.18 Å². The summed E-state index contributed by atoms with van der Waals surface area (Å²) in [5.74, 6) is -2.23. The highest BCUT2D eigenvalue weighted by Crippen LogP contribution is 2.41. The van der Waals surface area contributed by atoms with Gasteiger partial charge in [-0.3, -0.25) is 0 Å². The Hall–Kier alpha value is -1.11. The van der Waals surface area contributed by atoms with Gasteiger partial charge in [-0.2, -0.15) is 5.26 Å². The van der Waals surface area contributed by atoms with Crippen molar-refractivity contribution in [1.82, 2.24) is 0 Å². The zero-order valence-corrected chi connectivity index (χ0v) is 5.17. The maximum atomic E-state index is 12.9. The van der Waals surface area contributed by atoms with Gasteiger partial charge in [0.1, 0.15) is 6.07 Å². The van der Waals surface area contributed by atoms with E-state index in [0.29, 0.717) is 12.8 Å². The molecule has 4 heteroatoms. The fourth-order valence-electron chi connectivity index (χ4n) is 0.795. The average molecular weight is 143 g/mol. The van der Waals surface area contributed by atoms with Crippen molar-refractivity contribution < 1.29 is 14.3 Å². The van der Waals surface area contributed by atoms with Crippen LogP contribution in [0.1, 0.15) is 12.8 Å². The minimum Gasteiger partial charge on any atom is -0.478 e. The Morgan fingerprint density at radius 2 is 2.30 bits per heavy atom. The maximum Gasteiger partial charge on any atom is 0.356 e. The third-order valence-electron chi connectivity index (χ3n) is 1.61. The molecule has 0 aliphatic heterocycles. The van der Waals surface area contributed by atoms with Crippen LogP contribution >= 0.6 is 0 Å². The van der Waals surface area contributed by atoms with Crippen LogP contribution < -0.4 is 0 Å². The molecule has 1 atom stereocenters. The third-order valence-corrected chi connectivity index (χ3v) is 1.61. The normalized spacial score (nSPS) is 22.8. The van der Waals surface area contributed by atoms with Crippen LogP contribution in [0.5, 0.6) is 0 Å². The van der Waals surface area contributed by atoms with Gasteiger partial charge >= 0.3 is 5.97 Å². The van der Waals surface area contributed by atoms with E-state index in [1.807, 2.05) is 0 Å². The van der Waals surface area contributed by atoms with Crippen LogP contribution in [0.3, 0.4) is 0 Å². The largest absolute Gasteiger partial charge is 0.478 e. The van der Waals surface area contributed by atoms with Gasteiger partial charge in [-0.05, 0) is 12.8 Å². The van der Waals surface area contributed by atoms with Crippen LogP contribution in [0.4, 0.5) is 4.39 Å². The SMILES string of the molecule is N#CC(F)(C(=O)O)C1CC1. The molecule has 0 radical (unpaired) electrons. The first-order chi connectivity index (χ1) is 4.61. The molecular formula is C6H6FNO2. The third kappa shape index (κ3) is 0.838. The summed E-state index contributed by atoms with van der Waals surface area (Å²) in [6.07, 6.45) is 1.02. The Kier molecular flexibility index (Phi) is 1.36. The van der Waals surface area contributed by atoms with Gasteiger partial charge in [-0.15, -0.1) is 0 Å². The zero-order valence-electron chi connectivity index (χ0n) is 5.17. The molecule has 1 saturated carbocycles. The predicted octanol–water partition coefficient (Wildman–Crippen LogP) is 0.713. The lowest BCUT2D eigenvalue weighted by Gasteiger charge is -2.08. The molecule has 0 spiro atoms. The van der Waals surface area contributed by atoms with E-state index < -0.39 is 17.6 Å². The van der Waals surface area contributed by atoms with E-state index in [1.165, 1.54) is 6.07 Å². The van der Waals surface area contributed by atoms with E-state index in [2.05, 4.69) is 0 Å². The number of halogens is 1. The fraction of sp³-hybridized carbons (Fsp3) is 0.667. The number of nitriles is 1. The number of rotatable bonds is 2. The zero-order chi connectivity index (χ0) is 7.78. The van der Waals surface area contributed by atoms with Crippen molar-refractivity contribution in [2.75, 3.05) is 0 Å². The molecule has 0 saturated heterocycles. The number of carboxylic acids is 1. The Balaban J connectivity index is 2.78. The standard InChI is InChI=1S/C6H6FNO2/c7-6(3-8,5(9)10)4-1-2-4/h4H,1-2H2,(H,9,10). The molecule has 1 unspecified atom stereocenters. The summed E-state index contributed by atoms with van der Waals surface area (Å²) < 4.78 is 12.9. The highest BCUT2D eigenvalue weighted by molar-refractivity contribution is 5.81. The Labute approximate surface area is 57.1 Å². The second-order valence-electron chi connectivity index (χ2n) is 2.40. The number of hydrogen-bond donors (Lipinski definition) is 1. The fourth-order valence-corrected chi connectivity index (χ4v) is 0.795. The van der Waals surface area contributed by atoms with Crippen molar-refractivity contribution in [2.45, 2.75) is 18.5 Å². The predicted molar refractivity (Wildman–Crippen MR) is 29.8 cm³/mol. The molecule has 3 nitrogen and oxygen atoms in total. The van der Waals surface area contributed by atoms with Crippen molar-refractivity contribution in [3.8, 4) is 6.07 Å². The van der Waals surface area contributed by atoms with Crippen molar-refractivity contribution in [1.29, 1.82) is 5.26 Å². The molecule has 0 aromatic carbocycles. The molecule has 0 amide bonds. The van der Waals surface area contributed by atoms with Gasteiger partial charge in [0, 0.05) is 5.92 Å². The van der Waals surface area contributed by atoms with E-state index in [1.54, 1.807) is 0 Å². The first-order valence-electron chi connectivity index (χ1n) is 2.95. The molecule has 54 valence electrons. The van der Waals surface area contributed by atoms with Crippen molar-refractivity contribution in [2.24, 2.45) is 5.92 Å². The topological polar surface area (TPSA) is 61.1 Å². The van der Waals surface area contributed by atoms with Gasteiger partial charge in [0.25, 0.3) is 5.67 Å². The number of carboxylic acid groups (broad SMARTS) is 1. The summed E-state index contributed by atoms with van der Waals surface area (Å²) in [6, 6.07) is 1.17. The summed E-state index contributed by atoms with van der Waals surface area (Å²) in [7, 11) is 0. The van der Waals surface area contributed by atoms with Crippen LogP contribution in [0, 0.1) is 17.2 Å². The first kappa shape index (κ1) is 7.00. The van der Waals surface area contributed by atoms with E-state index in [0.717, 1.165) is 0 Å². The number of nitrogens with zero attached hydrogens (tertiary/aromatic N) is 1. The lowest BCUT2D eigenvalue weighted by atomic mass is 10.0. The smallest absolute Gasteiger partial charge is 0.356 e. The maximum absolute atomic E-state index is 12.9. The van der Waals surface area contributed by atoms with Crippen LogP contribution in [-0.4, -0.2) is 16.7 Å². The van der Waals surface area contributed by atoms with Crippen molar-refractivity contribution in [3.63, 3.8) is 0 Å². The minimum absolute atomic E-state index is 0.510. The summed E-state index contributed by atoms with van der Waals surface area (Å²) in [5, 5.41) is 16.4. The molecule has 0 aromatic heterocycles. The number of carbonyl (C=O) groups is 1. The van der Waals surface area contributed by atoms with Gasteiger partial charge < -0.3 is 5.11 Å². The van der Waals surface area contributed by atoms with Crippen molar-refractivity contribution in [3.05, 3.63) is 0 Å². The minimum atomic E-state index is -2.62. The molecule has 0 heterocycles. The lowest BCUT2D eigenvalue weighted by Crippen LogP contribution is -2.34. The van der Waals surface area contributed by atoms with E-state index in [4.69, 9.17) is 10.4 Å². The number of hydrogen-bond acceptors (Lipinski definition) is 2. The molecule has 1 N–H and O–H groups in total. The summed E-state index contributed by atoms with van der Waals surface area (Å²) in [4.78, 5) is 10.1. The highest BCUT2D eigenvalue weighted by atomic mass is 19.1. The number of alkyl halides is 1. The Morgan fingerprint density at radius 3 is 2.40 bits per heavy atom. The van der Waals surface area contributed by atoms with Crippen LogP contribution in [0.15, 0.2) is 0 Å². The molecule has 1 rings (SSSR count). The Morgan fingerprint density at radius 1 is 1.80 bits per heavy atom. The summed E-state index contributed by atoms with van der Waals surface area (Å²) in [5.41, 5.74) is -2.62. The second-order valence-corrected chi connectivity index (χ2v) is 2.40. The van der Waals surface area contributed by atoms with Gasteiger partial charge in [0.05, 0.1) is 0 Å². The first-order valence-corrected chi connectivity index (χ1v) is 2.95. The quantitative estimate of drug-likeness (QED) is 0.619. The Bertz CT molecular complexity index is 206. The molecular weight excluding hydrogens is 137 g/mol. The number of aliphatic carboxylic acids is 1. The van der Waals surface area contributed by atoms with E-state index in [-0.39, 0.29) is 0 Å². The second kappa shape index (κ2) is 1.94. The van der Waals surface area contributed by atoms with E-state index >= 15 is 0 Å². The van der Waals surface area contributed by atoms with Gasteiger partial charge in [-0.1, -0.05) is 0 Å². The highest BCUT2D eigenvalue weighted by Gasteiger charge is 2.52. The van der Waals surface area contributed by atoms with Crippen molar-refractivity contribution >= 4 is 5.97 Å². The monoisotopic (exact) mass is 143 g/mol. The lowest BCUT2D eigenvalue weighted by molar-refractivity contribution is -0.148. The summed E-state index contributed by atoms with van der Waals surface area (Å²) in [6.45, 7) is 0. The average Bonchev–Trinajstić information content (AvgIpc) is 2.67. The van der Waals surface area contributed by atoms with Gasteiger partial charge in [0.15, 0.2) is 0 Å². The molecule has 0 aromatic rings. The van der Waals surface area contributed by atoms with Gasteiger partial charge in [0.2, 0.25) is 0 Å².